The fourth-order valence-corrected chi connectivity index (χ4v) is 3.76. The van der Waals surface area contributed by atoms with Gasteiger partial charge in [0.1, 0.15) is 6.54 Å². The number of piperidine rings is 1. The monoisotopic (exact) mass is 427 g/mol. The third kappa shape index (κ3) is 5.12. The number of nitrogens with zero attached hydrogens (tertiary/aromatic N) is 6. The molecule has 2 aliphatic rings. The number of hydrogen-bond donors (Lipinski definition) is 1. The number of amides is 1. The smallest absolute Gasteiger partial charge is 0.244 e. The van der Waals surface area contributed by atoms with Gasteiger partial charge in [-0.15, -0.1) is 24.8 Å². The van der Waals surface area contributed by atoms with E-state index >= 15 is 0 Å². The maximum Gasteiger partial charge on any atom is 0.244 e. The van der Waals surface area contributed by atoms with E-state index in [1.54, 1.807) is 12.4 Å². The number of carbonyl (C=O) groups excluding carboxylic acids is 1. The first-order valence-electron chi connectivity index (χ1n) is 9.33. The summed E-state index contributed by atoms with van der Waals surface area (Å²) >= 11 is 0. The molecule has 2 aromatic rings. The Morgan fingerprint density at radius 2 is 1.86 bits per heavy atom. The number of aromatic nitrogens is 4. The Balaban J connectivity index is 0.00000140. The van der Waals surface area contributed by atoms with Gasteiger partial charge in [-0.1, -0.05) is 0 Å². The van der Waals surface area contributed by atoms with Crippen LogP contribution in [0.2, 0.25) is 0 Å². The minimum atomic E-state index is 0. The highest BCUT2D eigenvalue weighted by Crippen LogP contribution is 2.23. The van der Waals surface area contributed by atoms with Gasteiger partial charge in [0.15, 0.2) is 0 Å². The predicted molar refractivity (Wildman–Crippen MR) is 112 cm³/mol. The van der Waals surface area contributed by atoms with Crippen LogP contribution in [-0.2, 0) is 11.3 Å². The predicted octanol–water partition coefficient (Wildman–Crippen LogP) is 1.33. The van der Waals surface area contributed by atoms with Crippen LogP contribution in [0.1, 0.15) is 24.5 Å². The van der Waals surface area contributed by atoms with Crippen LogP contribution in [-0.4, -0.2) is 69.8 Å². The number of anilines is 1. The van der Waals surface area contributed by atoms with Crippen LogP contribution < -0.4 is 10.2 Å². The number of halogens is 2. The van der Waals surface area contributed by atoms with E-state index in [1.807, 2.05) is 21.8 Å². The number of piperazine rings is 1. The SMILES string of the molecule is Cl.Cl.O=C(Cn1nccc1C1CCCNC1)N1CCN(c2ncccn2)CC1. The lowest BCUT2D eigenvalue weighted by atomic mass is 9.96. The van der Waals surface area contributed by atoms with Crippen molar-refractivity contribution in [3.05, 3.63) is 36.4 Å². The van der Waals surface area contributed by atoms with Gasteiger partial charge in [-0.3, -0.25) is 9.48 Å². The van der Waals surface area contributed by atoms with E-state index < -0.39 is 0 Å². The quantitative estimate of drug-likeness (QED) is 0.792. The van der Waals surface area contributed by atoms with Crippen molar-refractivity contribution in [2.75, 3.05) is 44.2 Å². The van der Waals surface area contributed by atoms with Crippen LogP contribution >= 0.6 is 24.8 Å². The lowest BCUT2D eigenvalue weighted by molar-refractivity contribution is -0.132. The van der Waals surface area contributed by atoms with Gasteiger partial charge in [-0.05, 0) is 31.5 Å². The standard InChI is InChI=1S/C18H25N7O.2ClH/c26-17(14-25-16(4-8-22-25)15-3-1-5-19-13-15)23-9-11-24(12-10-23)18-20-6-2-7-21-18;;/h2,4,6-8,15,19H,1,3,5,9-14H2;2*1H. The van der Waals surface area contributed by atoms with E-state index in [0.29, 0.717) is 25.6 Å². The normalized spacial score (nSPS) is 19.5. The van der Waals surface area contributed by atoms with E-state index in [2.05, 4.69) is 31.3 Å². The molecule has 10 heteroatoms. The molecule has 0 aliphatic carbocycles. The van der Waals surface area contributed by atoms with E-state index in [-0.39, 0.29) is 30.7 Å². The summed E-state index contributed by atoms with van der Waals surface area (Å²) in [5.74, 6) is 1.32. The molecule has 0 bridgehead atoms. The van der Waals surface area contributed by atoms with Crippen LogP contribution in [0.25, 0.3) is 0 Å². The van der Waals surface area contributed by atoms with E-state index in [4.69, 9.17) is 0 Å². The Kier molecular flexibility index (Phi) is 8.47. The molecule has 1 N–H and O–H groups in total. The Hall–Kier alpha value is -1.90. The second-order valence-corrected chi connectivity index (χ2v) is 6.87. The molecule has 0 aromatic carbocycles. The average molecular weight is 428 g/mol. The molecule has 28 heavy (non-hydrogen) atoms. The molecule has 2 fully saturated rings. The molecule has 2 saturated heterocycles. The molecule has 154 valence electrons. The molecule has 4 heterocycles. The molecule has 4 rings (SSSR count). The molecular formula is C18H27Cl2N7O. The van der Waals surface area contributed by atoms with Crippen molar-refractivity contribution in [2.24, 2.45) is 0 Å². The highest BCUT2D eigenvalue weighted by Gasteiger charge is 2.25. The van der Waals surface area contributed by atoms with Crippen LogP contribution in [0.3, 0.4) is 0 Å². The summed E-state index contributed by atoms with van der Waals surface area (Å²) in [7, 11) is 0. The molecule has 1 amide bonds. The summed E-state index contributed by atoms with van der Waals surface area (Å²) < 4.78 is 1.88. The first kappa shape index (κ1) is 22.4. The van der Waals surface area contributed by atoms with Crippen molar-refractivity contribution in [3.63, 3.8) is 0 Å². The Bertz CT molecular complexity index is 729. The highest BCUT2D eigenvalue weighted by atomic mass is 35.5. The second-order valence-electron chi connectivity index (χ2n) is 6.87. The third-order valence-corrected chi connectivity index (χ3v) is 5.22. The van der Waals surface area contributed by atoms with E-state index in [1.165, 1.54) is 12.1 Å². The molecule has 8 nitrogen and oxygen atoms in total. The minimum absolute atomic E-state index is 0. The molecule has 0 radical (unpaired) electrons. The number of carbonyl (C=O) groups is 1. The summed E-state index contributed by atoms with van der Waals surface area (Å²) in [6.45, 7) is 5.27. The molecule has 2 aliphatic heterocycles. The summed E-state index contributed by atoms with van der Waals surface area (Å²) in [5, 5.41) is 7.83. The molecule has 0 saturated carbocycles. The van der Waals surface area contributed by atoms with E-state index in [9.17, 15) is 4.79 Å². The zero-order valence-corrected chi connectivity index (χ0v) is 17.4. The fourth-order valence-electron chi connectivity index (χ4n) is 3.76. The van der Waals surface area contributed by atoms with Gasteiger partial charge >= 0.3 is 0 Å². The molecule has 0 spiro atoms. The molecule has 1 unspecified atom stereocenters. The van der Waals surface area contributed by atoms with Gasteiger partial charge in [0.05, 0.1) is 0 Å². The van der Waals surface area contributed by atoms with Crippen LogP contribution in [0.5, 0.6) is 0 Å². The number of rotatable bonds is 4. The van der Waals surface area contributed by atoms with Crippen molar-refractivity contribution < 1.29 is 4.79 Å². The third-order valence-electron chi connectivity index (χ3n) is 5.22. The van der Waals surface area contributed by atoms with Crippen LogP contribution in [0.4, 0.5) is 5.95 Å². The first-order chi connectivity index (χ1) is 12.8. The summed E-state index contributed by atoms with van der Waals surface area (Å²) in [6.07, 6.45) is 7.64. The van der Waals surface area contributed by atoms with Crippen molar-refractivity contribution in [1.82, 2.24) is 30.0 Å². The zero-order chi connectivity index (χ0) is 17.8. The second kappa shape index (κ2) is 10.6. The Labute approximate surface area is 177 Å². The van der Waals surface area contributed by atoms with Gasteiger partial charge in [0, 0.05) is 62.9 Å². The summed E-state index contributed by atoms with van der Waals surface area (Å²) in [5.41, 5.74) is 1.17. The number of nitrogens with one attached hydrogen (secondary N) is 1. The Morgan fingerprint density at radius 3 is 2.54 bits per heavy atom. The summed E-state index contributed by atoms with van der Waals surface area (Å²) in [6, 6.07) is 3.86. The lowest BCUT2D eigenvalue weighted by Gasteiger charge is -2.34. The zero-order valence-electron chi connectivity index (χ0n) is 15.7. The first-order valence-corrected chi connectivity index (χ1v) is 9.33. The maximum atomic E-state index is 12.7. The fraction of sp³-hybridized carbons (Fsp3) is 0.556. The van der Waals surface area contributed by atoms with Gasteiger partial charge in [-0.25, -0.2) is 9.97 Å². The topological polar surface area (TPSA) is 79.2 Å². The Morgan fingerprint density at radius 1 is 1.11 bits per heavy atom. The van der Waals surface area contributed by atoms with E-state index in [0.717, 1.165) is 38.5 Å². The van der Waals surface area contributed by atoms with Gasteiger partial charge < -0.3 is 15.1 Å². The van der Waals surface area contributed by atoms with Gasteiger partial charge in [0.25, 0.3) is 0 Å². The van der Waals surface area contributed by atoms with Crippen LogP contribution in [0, 0.1) is 0 Å². The van der Waals surface area contributed by atoms with Gasteiger partial charge in [-0.2, -0.15) is 5.10 Å². The summed E-state index contributed by atoms with van der Waals surface area (Å²) in [4.78, 5) is 25.4. The maximum absolute atomic E-state index is 12.7. The van der Waals surface area contributed by atoms with Crippen molar-refractivity contribution in [1.29, 1.82) is 0 Å². The molecule has 2 aromatic heterocycles. The lowest BCUT2D eigenvalue weighted by Crippen LogP contribution is -2.50. The van der Waals surface area contributed by atoms with Crippen LogP contribution in [0.15, 0.2) is 30.7 Å². The largest absolute Gasteiger partial charge is 0.338 e. The van der Waals surface area contributed by atoms with Crippen molar-refractivity contribution >= 4 is 36.7 Å². The van der Waals surface area contributed by atoms with Crippen molar-refractivity contribution in [2.45, 2.75) is 25.3 Å². The molecule has 1 atom stereocenters. The minimum Gasteiger partial charge on any atom is -0.338 e. The molecular weight excluding hydrogens is 401 g/mol. The highest BCUT2D eigenvalue weighted by molar-refractivity contribution is 5.85. The van der Waals surface area contributed by atoms with Gasteiger partial charge in [0.2, 0.25) is 11.9 Å². The average Bonchev–Trinajstić information content (AvgIpc) is 3.17. The number of hydrogen-bond acceptors (Lipinski definition) is 6. The van der Waals surface area contributed by atoms with Crippen molar-refractivity contribution in [3.8, 4) is 0 Å².